The van der Waals surface area contributed by atoms with Gasteiger partial charge in [0.15, 0.2) is 11.5 Å². The van der Waals surface area contributed by atoms with Gasteiger partial charge in [0.05, 0.1) is 19.0 Å². The van der Waals surface area contributed by atoms with Gasteiger partial charge in [-0.1, -0.05) is 0 Å². The van der Waals surface area contributed by atoms with Crippen LogP contribution in [0.15, 0.2) is 12.7 Å². The number of anilines is 1. The molecule has 0 saturated carbocycles. The Balaban J connectivity index is 1.64. The zero-order valence-electron chi connectivity index (χ0n) is 14.7. The molecular weight excluding hydrogens is 473 g/mol. The molecule has 0 radical (unpaired) electrons. The first-order valence-corrected chi connectivity index (χ1v) is 12.6. The van der Waals surface area contributed by atoms with E-state index in [2.05, 4.69) is 23.8 Å². The van der Waals surface area contributed by atoms with Crippen LogP contribution in [0.2, 0.25) is 0 Å². The molecule has 168 valence electrons. The number of hydrogen-bond donors (Lipinski definition) is 7. The number of nitrogens with zero attached hydrogens (tertiary/aromatic N) is 4. The Morgan fingerprint density at radius 1 is 1.23 bits per heavy atom. The van der Waals surface area contributed by atoms with Crippen LogP contribution in [-0.2, 0) is 27.3 Å². The molecule has 1 saturated heterocycles. The number of aromatic nitrogens is 4. The molecule has 2 aromatic rings. The standard InChI is InChI=1S/C10H17N6O11P3/c11-9-8-10(13-3-12-9)16(4-14-8)7-1-5(17)6(26-7)2-25-30(23,24)27-29(21,22)15-28(18,19)20/h3-7,17H,1-2H2,(H,23,24)(H2,11,12,13)(H4,15,18,19,20,21,22). The number of rotatable bonds is 8. The Labute approximate surface area is 167 Å². The number of imidazole rings is 1. The van der Waals surface area contributed by atoms with Crippen molar-refractivity contribution < 1.29 is 51.9 Å². The molecule has 0 amide bonds. The van der Waals surface area contributed by atoms with Crippen LogP contribution < -0.4 is 10.6 Å². The van der Waals surface area contributed by atoms with Crippen LogP contribution >= 0.6 is 23.3 Å². The number of nitrogens with one attached hydrogen (secondary N) is 1. The number of phosphoric acid groups is 1. The quantitative estimate of drug-likeness (QED) is 0.218. The highest BCUT2D eigenvalue weighted by atomic mass is 31.3. The summed E-state index contributed by atoms with van der Waals surface area (Å²) < 4.78 is 49.4. The highest BCUT2D eigenvalue weighted by Crippen LogP contribution is 2.61. The van der Waals surface area contributed by atoms with E-state index in [1.807, 2.05) is 0 Å². The Kier molecular flexibility index (Phi) is 6.47. The molecule has 5 atom stereocenters. The number of nitrogens with two attached hydrogens (primary N) is 1. The molecule has 30 heavy (non-hydrogen) atoms. The molecular formula is C10H17N6O11P3. The van der Waals surface area contributed by atoms with Gasteiger partial charge in [0.2, 0.25) is 0 Å². The van der Waals surface area contributed by atoms with Crippen molar-refractivity contribution in [1.82, 2.24) is 24.4 Å². The fourth-order valence-electron chi connectivity index (χ4n) is 2.63. The van der Waals surface area contributed by atoms with E-state index in [0.29, 0.717) is 11.2 Å². The lowest BCUT2D eigenvalue weighted by atomic mass is 10.2. The van der Waals surface area contributed by atoms with Crippen LogP contribution in [0.25, 0.3) is 11.2 Å². The van der Waals surface area contributed by atoms with Gasteiger partial charge in [-0.2, -0.15) is 4.31 Å². The molecule has 3 heterocycles. The Morgan fingerprint density at radius 3 is 2.60 bits per heavy atom. The summed E-state index contributed by atoms with van der Waals surface area (Å²) in [6.07, 6.45) is -0.568. The average Bonchev–Trinajstić information content (AvgIpc) is 3.14. The molecule has 0 aromatic carbocycles. The Bertz CT molecular complexity index is 1070. The van der Waals surface area contributed by atoms with Gasteiger partial charge >= 0.3 is 23.3 Å². The maximum absolute atomic E-state index is 11.8. The van der Waals surface area contributed by atoms with Gasteiger partial charge in [0, 0.05) is 6.42 Å². The second-order valence-corrected chi connectivity index (χ2v) is 10.8. The molecule has 0 spiro atoms. The lowest BCUT2D eigenvalue weighted by molar-refractivity contribution is -0.0421. The number of ether oxygens (including phenoxy) is 1. The predicted octanol–water partition coefficient (Wildman–Crippen LogP) is -1.03. The van der Waals surface area contributed by atoms with E-state index in [0.717, 1.165) is 4.86 Å². The number of phosphoric ester groups is 1. The summed E-state index contributed by atoms with van der Waals surface area (Å²) >= 11 is 0. The van der Waals surface area contributed by atoms with Crippen molar-refractivity contribution >= 4 is 40.3 Å². The minimum absolute atomic E-state index is 0.0121. The van der Waals surface area contributed by atoms with E-state index in [9.17, 15) is 28.6 Å². The van der Waals surface area contributed by atoms with Gasteiger partial charge in [0.25, 0.3) is 0 Å². The van der Waals surface area contributed by atoms with Crippen LogP contribution in [0.5, 0.6) is 0 Å². The summed E-state index contributed by atoms with van der Waals surface area (Å²) in [6, 6.07) is 0. The lowest BCUT2D eigenvalue weighted by Crippen LogP contribution is -2.26. The van der Waals surface area contributed by atoms with Crippen molar-refractivity contribution in [2.24, 2.45) is 0 Å². The lowest BCUT2D eigenvalue weighted by Gasteiger charge is -2.20. The van der Waals surface area contributed by atoms with Crippen molar-refractivity contribution in [3.05, 3.63) is 12.7 Å². The SMILES string of the molecule is Nc1ncnc2c1ncn2C1CC(O)C(COP(=O)(O)OP(=O)(O)NP(=O)(O)O)O1. The molecule has 1 aliphatic rings. The number of aliphatic hydroxyl groups is 1. The summed E-state index contributed by atoms with van der Waals surface area (Å²) in [5.74, 6) is 0.132. The summed E-state index contributed by atoms with van der Waals surface area (Å²) in [7, 11) is -15.9. The number of aliphatic hydroxyl groups excluding tert-OH is 1. The van der Waals surface area contributed by atoms with Crippen molar-refractivity contribution in [3.8, 4) is 0 Å². The molecule has 0 bridgehead atoms. The van der Waals surface area contributed by atoms with Crippen LogP contribution in [0, 0.1) is 0 Å². The predicted molar refractivity (Wildman–Crippen MR) is 96.1 cm³/mol. The van der Waals surface area contributed by atoms with E-state index in [-0.39, 0.29) is 12.2 Å². The molecule has 1 fully saturated rings. The van der Waals surface area contributed by atoms with E-state index in [1.54, 1.807) is 0 Å². The Hall–Kier alpha value is -1.32. The molecule has 17 nitrogen and oxygen atoms in total. The van der Waals surface area contributed by atoms with Crippen molar-refractivity contribution in [3.63, 3.8) is 0 Å². The fourth-order valence-corrected chi connectivity index (χ4v) is 6.07. The third-order valence-corrected chi connectivity index (χ3v) is 8.01. The highest BCUT2D eigenvalue weighted by Gasteiger charge is 2.41. The van der Waals surface area contributed by atoms with E-state index < -0.39 is 48.4 Å². The van der Waals surface area contributed by atoms with Crippen LogP contribution in [0.1, 0.15) is 12.6 Å². The second kappa shape index (κ2) is 8.31. The molecule has 1 aliphatic heterocycles. The molecule has 2 aromatic heterocycles. The summed E-state index contributed by atoms with van der Waals surface area (Å²) in [5.41, 5.74) is 6.33. The van der Waals surface area contributed by atoms with Crippen LogP contribution in [0.3, 0.4) is 0 Å². The van der Waals surface area contributed by atoms with Gasteiger partial charge in [-0.3, -0.25) is 9.09 Å². The van der Waals surface area contributed by atoms with E-state index >= 15 is 0 Å². The van der Waals surface area contributed by atoms with Gasteiger partial charge in [-0.25, -0.2) is 28.6 Å². The van der Waals surface area contributed by atoms with Crippen molar-refractivity contribution in [2.45, 2.75) is 24.9 Å². The summed E-state index contributed by atoms with van der Waals surface area (Å²) in [6.45, 7) is -0.759. The number of nitrogen functional groups attached to an aromatic ring is 1. The fraction of sp³-hybridized carbons (Fsp3) is 0.500. The molecule has 8 N–H and O–H groups in total. The van der Waals surface area contributed by atoms with Gasteiger partial charge in [0.1, 0.15) is 24.2 Å². The number of fused-ring (bicyclic) bond motifs is 1. The minimum atomic E-state index is -5.39. The smallest absolute Gasteiger partial charge is 0.390 e. The van der Waals surface area contributed by atoms with Gasteiger partial charge in [-0.15, -0.1) is 4.86 Å². The normalized spacial score (nSPS) is 26.5. The first kappa shape index (κ1) is 23.3. The highest BCUT2D eigenvalue weighted by molar-refractivity contribution is 7.70. The maximum atomic E-state index is 11.8. The zero-order valence-corrected chi connectivity index (χ0v) is 17.4. The minimum Gasteiger partial charge on any atom is -0.390 e. The van der Waals surface area contributed by atoms with Crippen molar-refractivity contribution in [2.75, 3.05) is 12.3 Å². The molecule has 0 aliphatic carbocycles. The van der Waals surface area contributed by atoms with Crippen LogP contribution in [0.4, 0.5) is 5.82 Å². The van der Waals surface area contributed by atoms with E-state index in [1.165, 1.54) is 17.2 Å². The third kappa shape index (κ3) is 5.68. The van der Waals surface area contributed by atoms with Crippen molar-refractivity contribution in [1.29, 1.82) is 0 Å². The number of hydrogen-bond acceptors (Lipinski definition) is 11. The maximum Gasteiger partial charge on any atom is 0.480 e. The first-order chi connectivity index (χ1) is 13.8. The summed E-state index contributed by atoms with van der Waals surface area (Å²) in [5, 5.41) is 10.1. The van der Waals surface area contributed by atoms with Gasteiger partial charge < -0.3 is 35.2 Å². The Morgan fingerprint density at radius 2 is 1.93 bits per heavy atom. The second-order valence-electron chi connectivity index (χ2n) is 6.03. The monoisotopic (exact) mass is 490 g/mol. The average molecular weight is 490 g/mol. The summed E-state index contributed by atoms with van der Waals surface area (Å²) in [4.78, 5) is 48.7. The molecule has 5 unspecified atom stereocenters. The largest absolute Gasteiger partial charge is 0.480 e. The van der Waals surface area contributed by atoms with E-state index in [4.69, 9.17) is 20.3 Å². The molecule has 20 heteroatoms. The first-order valence-electron chi connectivity index (χ1n) is 7.89. The van der Waals surface area contributed by atoms with Gasteiger partial charge in [-0.05, 0) is 0 Å². The van der Waals surface area contributed by atoms with Crippen LogP contribution in [-0.4, -0.2) is 63.0 Å². The zero-order chi connectivity index (χ0) is 22.3. The topological polar surface area (TPSA) is 262 Å². The third-order valence-electron chi connectivity index (χ3n) is 3.77. The molecule has 3 rings (SSSR count).